The molecule has 0 saturated heterocycles. The van der Waals surface area contributed by atoms with Gasteiger partial charge >= 0.3 is 11.3 Å². The quantitative estimate of drug-likeness (QED) is 0.569. The number of aromatic hydroxyl groups is 1. The van der Waals surface area contributed by atoms with E-state index in [4.69, 9.17) is 9.15 Å². The third kappa shape index (κ3) is 1.80. The molecule has 0 aliphatic rings. The Bertz CT molecular complexity index is 824. The Hall–Kier alpha value is -2.82. The average molecular weight is 270 g/mol. The van der Waals surface area contributed by atoms with Crippen molar-refractivity contribution in [3.63, 3.8) is 0 Å². The van der Waals surface area contributed by atoms with Crippen molar-refractivity contribution in [1.82, 2.24) is 0 Å². The summed E-state index contributed by atoms with van der Waals surface area (Å²) in [4.78, 5) is 12.1. The zero-order valence-corrected chi connectivity index (χ0v) is 10.7. The molecule has 100 valence electrons. The third-order valence-corrected chi connectivity index (χ3v) is 3.04. The highest BCUT2D eigenvalue weighted by molar-refractivity contribution is 5.89. The molecular weight excluding hydrogens is 258 g/mol. The number of aromatic nitrogens is 1. The van der Waals surface area contributed by atoms with Crippen LogP contribution in [-0.2, 0) is 0 Å². The van der Waals surface area contributed by atoms with Gasteiger partial charge in [0.05, 0.1) is 12.5 Å². The summed E-state index contributed by atoms with van der Waals surface area (Å²) in [7, 11) is 1.48. The van der Waals surface area contributed by atoms with Gasteiger partial charge in [0, 0.05) is 12.1 Å². The fraction of sp³-hybridized carbons (Fsp3) is 0.0667. The summed E-state index contributed by atoms with van der Waals surface area (Å²) in [5, 5.41) is 10.8. The van der Waals surface area contributed by atoms with Crippen LogP contribution in [0.2, 0.25) is 0 Å². The zero-order chi connectivity index (χ0) is 14.1. The third-order valence-electron chi connectivity index (χ3n) is 3.04. The minimum Gasteiger partial charge on any atom is -0.502 e. The van der Waals surface area contributed by atoms with Crippen molar-refractivity contribution in [3.05, 3.63) is 59.2 Å². The van der Waals surface area contributed by atoms with Crippen molar-refractivity contribution in [2.75, 3.05) is 7.11 Å². The maximum Gasteiger partial charge on any atom is 0.413 e. The smallest absolute Gasteiger partial charge is 0.413 e. The van der Waals surface area contributed by atoms with Crippen LogP contribution in [0.15, 0.2) is 58.0 Å². The molecular formula is C15H12NO4+. The summed E-state index contributed by atoms with van der Waals surface area (Å²) in [6.45, 7) is 0. The van der Waals surface area contributed by atoms with E-state index in [1.54, 1.807) is 42.7 Å². The molecule has 0 unspecified atom stereocenters. The number of hydrogen-bond donors (Lipinski definition) is 1. The lowest BCUT2D eigenvalue weighted by Gasteiger charge is -2.05. The van der Waals surface area contributed by atoms with Gasteiger partial charge < -0.3 is 14.3 Å². The molecule has 0 amide bonds. The molecule has 1 aromatic carbocycles. The lowest BCUT2D eigenvalue weighted by molar-refractivity contribution is -0.598. The maximum atomic E-state index is 12.1. The first-order valence-corrected chi connectivity index (χ1v) is 6.02. The molecule has 2 aromatic heterocycles. The second-order valence-electron chi connectivity index (χ2n) is 4.21. The van der Waals surface area contributed by atoms with Gasteiger partial charge in [-0.3, -0.25) is 0 Å². The standard InChI is InChI=1S/C15H11NO4/c1-19-11-7-5-6-10-13(17)12(15(18)20-14(10)11)16-8-3-2-4-9-16/h2-9H,1H3/p+1. The van der Waals surface area contributed by atoms with Gasteiger partial charge in [0.1, 0.15) is 0 Å². The predicted molar refractivity (Wildman–Crippen MR) is 72.2 cm³/mol. The van der Waals surface area contributed by atoms with Gasteiger partial charge in [0.2, 0.25) is 5.75 Å². The lowest BCUT2D eigenvalue weighted by atomic mass is 10.2. The van der Waals surface area contributed by atoms with Crippen LogP contribution in [0, 0.1) is 0 Å². The molecule has 0 saturated carbocycles. The minimum absolute atomic E-state index is 0.0753. The van der Waals surface area contributed by atoms with E-state index >= 15 is 0 Å². The summed E-state index contributed by atoms with van der Waals surface area (Å²) in [5.74, 6) is 0.269. The largest absolute Gasteiger partial charge is 0.502 e. The molecule has 5 heteroatoms. The first kappa shape index (κ1) is 12.2. The highest BCUT2D eigenvalue weighted by Crippen LogP contribution is 2.31. The number of ether oxygens (including phenoxy) is 1. The van der Waals surface area contributed by atoms with Gasteiger partial charge in [-0.25, -0.2) is 4.79 Å². The Balaban J connectivity index is 2.39. The molecule has 0 aliphatic heterocycles. The van der Waals surface area contributed by atoms with E-state index in [1.165, 1.54) is 11.7 Å². The van der Waals surface area contributed by atoms with Crippen molar-refractivity contribution in [2.45, 2.75) is 0 Å². The average Bonchev–Trinajstić information content (AvgIpc) is 2.48. The molecule has 0 radical (unpaired) electrons. The van der Waals surface area contributed by atoms with E-state index in [2.05, 4.69) is 0 Å². The summed E-state index contributed by atoms with van der Waals surface area (Å²) in [5.41, 5.74) is -0.320. The highest BCUT2D eigenvalue weighted by Gasteiger charge is 2.23. The van der Waals surface area contributed by atoms with Crippen molar-refractivity contribution in [1.29, 1.82) is 0 Å². The Kier molecular flexibility index (Phi) is 2.87. The molecule has 3 rings (SSSR count). The van der Waals surface area contributed by atoms with Crippen LogP contribution in [-0.4, -0.2) is 12.2 Å². The van der Waals surface area contributed by atoms with Crippen molar-refractivity contribution < 1.29 is 18.8 Å². The van der Waals surface area contributed by atoms with E-state index in [-0.39, 0.29) is 17.0 Å². The van der Waals surface area contributed by atoms with E-state index < -0.39 is 5.63 Å². The van der Waals surface area contributed by atoms with Crippen LogP contribution in [0.5, 0.6) is 11.5 Å². The maximum absolute atomic E-state index is 12.1. The summed E-state index contributed by atoms with van der Waals surface area (Å²) in [6, 6.07) is 10.4. The topological polar surface area (TPSA) is 63.6 Å². The summed E-state index contributed by atoms with van der Waals surface area (Å²) >= 11 is 0. The molecule has 3 aromatic rings. The molecule has 0 aliphatic carbocycles. The van der Waals surface area contributed by atoms with Crippen molar-refractivity contribution >= 4 is 11.0 Å². The van der Waals surface area contributed by atoms with Gasteiger partial charge in [-0.05, 0) is 12.1 Å². The van der Waals surface area contributed by atoms with Crippen molar-refractivity contribution in [3.8, 4) is 17.2 Å². The predicted octanol–water partition coefficient (Wildman–Crippen LogP) is 1.78. The number of para-hydroxylation sites is 1. The van der Waals surface area contributed by atoms with Crippen LogP contribution in [0.3, 0.4) is 0 Å². The Labute approximate surface area is 114 Å². The zero-order valence-electron chi connectivity index (χ0n) is 10.7. The molecule has 0 atom stereocenters. The Morgan fingerprint density at radius 2 is 1.90 bits per heavy atom. The van der Waals surface area contributed by atoms with Crippen LogP contribution >= 0.6 is 0 Å². The van der Waals surface area contributed by atoms with E-state index in [0.717, 1.165) is 0 Å². The first-order valence-electron chi connectivity index (χ1n) is 6.02. The molecule has 0 spiro atoms. The SMILES string of the molecule is COc1cccc2c(O)c(-[n+]3ccccc3)c(=O)oc12. The van der Waals surface area contributed by atoms with Crippen LogP contribution in [0.25, 0.3) is 16.7 Å². The Morgan fingerprint density at radius 3 is 2.60 bits per heavy atom. The molecule has 2 heterocycles. The van der Waals surface area contributed by atoms with E-state index in [0.29, 0.717) is 11.1 Å². The number of benzene rings is 1. The van der Waals surface area contributed by atoms with E-state index in [1.807, 2.05) is 6.07 Å². The number of fused-ring (bicyclic) bond motifs is 1. The van der Waals surface area contributed by atoms with E-state index in [9.17, 15) is 9.90 Å². The van der Waals surface area contributed by atoms with Gasteiger partial charge in [-0.1, -0.05) is 12.1 Å². The molecule has 5 nitrogen and oxygen atoms in total. The second kappa shape index (κ2) is 4.70. The van der Waals surface area contributed by atoms with Crippen LogP contribution < -0.4 is 14.9 Å². The minimum atomic E-state index is -0.629. The fourth-order valence-electron chi connectivity index (χ4n) is 2.11. The van der Waals surface area contributed by atoms with Gasteiger partial charge in [0.25, 0.3) is 0 Å². The number of methoxy groups -OCH3 is 1. The number of pyridine rings is 1. The van der Waals surface area contributed by atoms with Gasteiger partial charge in [0.15, 0.2) is 23.7 Å². The van der Waals surface area contributed by atoms with Crippen molar-refractivity contribution in [2.24, 2.45) is 0 Å². The molecule has 0 fully saturated rings. The molecule has 1 N–H and O–H groups in total. The summed E-state index contributed by atoms with van der Waals surface area (Å²) in [6.07, 6.45) is 3.33. The molecule has 0 bridgehead atoms. The number of hydrogen-bond acceptors (Lipinski definition) is 4. The van der Waals surface area contributed by atoms with Crippen LogP contribution in [0.1, 0.15) is 0 Å². The van der Waals surface area contributed by atoms with Crippen LogP contribution in [0.4, 0.5) is 0 Å². The first-order chi connectivity index (χ1) is 9.72. The number of rotatable bonds is 2. The fourth-order valence-corrected chi connectivity index (χ4v) is 2.11. The van der Waals surface area contributed by atoms with Gasteiger partial charge in [-0.15, -0.1) is 0 Å². The molecule has 20 heavy (non-hydrogen) atoms. The summed E-state index contributed by atoms with van der Waals surface area (Å²) < 4.78 is 11.9. The number of nitrogens with zero attached hydrogens (tertiary/aromatic N) is 1. The Morgan fingerprint density at radius 1 is 1.15 bits per heavy atom. The normalized spacial score (nSPS) is 10.7. The monoisotopic (exact) mass is 270 g/mol. The second-order valence-corrected chi connectivity index (χ2v) is 4.21. The lowest BCUT2D eigenvalue weighted by Crippen LogP contribution is -2.35. The highest BCUT2D eigenvalue weighted by atomic mass is 16.5. The van der Waals surface area contributed by atoms with Gasteiger partial charge in [-0.2, -0.15) is 4.57 Å².